The average Bonchev–Trinajstić information content (AvgIpc) is 2.62. The van der Waals surface area contributed by atoms with Crippen LogP contribution in [0.25, 0.3) is 0 Å². The van der Waals surface area contributed by atoms with Crippen LogP contribution >= 0.6 is 0 Å². The van der Waals surface area contributed by atoms with Crippen LogP contribution < -0.4 is 5.32 Å². The van der Waals surface area contributed by atoms with Crippen LogP contribution in [-0.2, 0) is 12.6 Å². The molecule has 7 heteroatoms. The molecule has 0 spiro atoms. The summed E-state index contributed by atoms with van der Waals surface area (Å²) in [6.45, 7) is 0.440. The van der Waals surface area contributed by atoms with Crippen molar-refractivity contribution in [3.8, 4) is 6.07 Å². The molecule has 26 heavy (non-hydrogen) atoms. The van der Waals surface area contributed by atoms with Gasteiger partial charge in [0, 0.05) is 12.2 Å². The van der Waals surface area contributed by atoms with Crippen LogP contribution in [-0.4, -0.2) is 17.5 Å². The number of nitrogens with one attached hydrogen (secondary N) is 1. The molecule has 1 atom stereocenters. The molecule has 2 amide bonds. The Labute approximate surface area is 148 Å². The third kappa shape index (κ3) is 3.64. The van der Waals surface area contributed by atoms with Gasteiger partial charge in [-0.1, -0.05) is 24.3 Å². The van der Waals surface area contributed by atoms with Gasteiger partial charge in [-0.3, -0.25) is 0 Å². The second-order valence-electron chi connectivity index (χ2n) is 6.03. The van der Waals surface area contributed by atoms with E-state index in [9.17, 15) is 18.0 Å². The van der Waals surface area contributed by atoms with Gasteiger partial charge in [0.25, 0.3) is 0 Å². The lowest BCUT2D eigenvalue weighted by atomic mass is 9.91. The Morgan fingerprint density at radius 3 is 2.54 bits per heavy atom. The van der Waals surface area contributed by atoms with E-state index in [0.29, 0.717) is 13.0 Å². The maximum Gasteiger partial charge on any atom is 0.416 e. The van der Waals surface area contributed by atoms with Gasteiger partial charge in [-0.2, -0.15) is 18.4 Å². The van der Waals surface area contributed by atoms with E-state index in [4.69, 9.17) is 5.26 Å². The first-order valence-electron chi connectivity index (χ1n) is 8.10. The summed E-state index contributed by atoms with van der Waals surface area (Å²) in [4.78, 5) is 14.2. The molecule has 1 heterocycles. The highest BCUT2D eigenvalue weighted by molar-refractivity contribution is 5.89. The van der Waals surface area contributed by atoms with Crippen molar-refractivity contribution in [3.63, 3.8) is 0 Å². The molecule has 0 fully saturated rings. The van der Waals surface area contributed by atoms with Gasteiger partial charge in [-0.05, 0) is 41.8 Å². The fourth-order valence-corrected chi connectivity index (χ4v) is 3.14. The topological polar surface area (TPSA) is 56.1 Å². The number of urea groups is 1. The molecule has 0 radical (unpaired) electrons. The smallest absolute Gasteiger partial charge is 0.316 e. The van der Waals surface area contributed by atoms with Gasteiger partial charge in [0.05, 0.1) is 24.1 Å². The number of alkyl halides is 3. The number of hydrogen-bond acceptors (Lipinski definition) is 2. The number of rotatable bonds is 2. The molecule has 0 bridgehead atoms. The van der Waals surface area contributed by atoms with E-state index in [0.717, 1.165) is 23.3 Å². The fourth-order valence-electron chi connectivity index (χ4n) is 3.14. The van der Waals surface area contributed by atoms with Crippen LogP contribution in [0.1, 0.15) is 29.2 Å². The van der Waals surface area contributed by atoms with E-state index in [1.807, 2.05) is 24.3 Å². The molecule has 2 aromatic carbocycles. The largest absolute Gasteiger partial charge is 0.416 e. The van der Waals surface area contributed by atoms with Crippen molar-refractivity contribution >= 4 is 11.7 Å². The normalized spacial score (nSPS) is 16.5. The molecule has 2 aromatic rings. The Kier molecular flexibility index (Phi) is 4.85. The van der Waals surface area contributed by atoms with Crippen LogP contribution in [0.2, 0.25) is 0 Å². The Balaban J connectivity index is 1.78. The molecule has 1 unspecified atom stereocenters. The molecule has 0 saturated heterocycles. The van der Waals surface area contributed by atoms with Crippen molar-refractivity contribution in [2.24, 2.45) is 0 Å². The second kappa shape index (κ2) is 7.08. The summed E-state index contributed by atoms with van der Waals surface area (Å²) in [5.41, 5.74) is 1.54. The van der Waals surface area contributed by atoms with Gasteiger partial charge in [-0.25, -0.2) is 4.79 Å². The maximum absolute atomic E-state index is 12.6. The van der Waals surface area contributed by atoms with Crippen LogP contribution in [0.4, 0.5) is 23.7 Å². The minimum atomic E-state index is -4.42. The van der Waals surface area contributed by atoms with Crippen molar-refractivity contribution in [2.75, 3.05) is 11.9 Å². The first-order valence-corrected chi connectivity index (χ1v) is 8.10. The molecular formula is C19H16F3N3O. The zero-order valence-corrected chi connectivity index (χ0v) is 13.8. The molecule has 0 aromatic heterocycles. The standard InChI is InChI=1S/C19H16F3N3O/c20-19(21,22)14-5-7-15(8-6-14)24-18(26)25-12-10-13-3-1-2-4-16(13)17(25)9-11-23/h1-8,17H,9-10,12H2,(H,24,26). The number of benzene rings is 2. The summed E-state index contributed by atoms with van der Waals surface area (Å²) in [7, 11) is 0. The average molecular weight is 359 g/mol. The van der Waals surface area contributed by atoms with Crippen LogP contribution in [0.5, 0.6) is 0 Å². The SMILES string of the molecule is N#CCC1c2ccccc2CCN1C(=O)Nc1ccc(C(F)(F)F)cc1. The fraction of sp³-hybridized carbons (Fsp3) is 0.263. The van der Waals surface area contributed by atoms with Crippen molar-refractivity contribution in [1.82, 2.24) is 4.90 Å². The summed E-state index contributed by atoms with van der Waals surface area (Å²) >= 11 is 0. The highest BCUT2D eigenvalue weighted by atomic mass is 19.4. The third-order valence-electron chi connectivity index (χ3n) is 4.42. The molecule has 4 nitrogen and oxygen atoms in total. The second-order valence-corrected chi connectivity index (χ2v) is 6.03. The van der Waals surface area contributed by atoms with Crippen LogP contribution in [0, 0.1) is 11.3 Å². The van der Waals surface area contributed by atoms with E-state index >= 15 is 0 Å². The quantitative estimate of drug-likeness (QED) is 0.841. The molecule has 3 rings (SSSR count). The van der Waals surface area contributed by atoms with Gasteiger partial charge in [-0.15, -0.1) is 0 Å². The first-order chi connectivity index (χ1) is 12.4. The number of halogens is 3. The number of carbonyl (C=O) groups excluding carboxylic acids is 1. The number of nitrogens with zero attached hydrogens (tertiary/aromatic N) is 2. The van der Waals surface area contributed by atoms with Crippen LogP contribution in [0.3, 0.4) is 0 Å². The lowest BCUT2D eigenvalue weighted by Gasteiger charge is -2.36. The monoisotopic (exact) mass is 359 g/mol. The zero-order valence-electron chi connectivity index (χ0n) is 13.8. The summed E-state index contributed by atoms with van der Waals surface area (Å²) in [5, 5.41) is 11.7. The van der Waals surface area contributed by atoms with E-state index in [-0.39, 0.29) is 18.2 Å². The molecule has 134 valence electrons. The summed E-state index contributed by atoms with van der Waals surface area (Å²) in [6, 6.07) is 13.2. The highest BCUT2D eigenvalue weighted by Gasteiger charge is 2.32. The Hall–Kier alpha value is -3.01. The number of anilines is 1. The van der Waals surface area contributed by atoms with Gasteiger partial charge >= 0.3 is 12.2 Å². The van der Waals surface area contributed by atoms with Gasteiger partial charge < -0.3 is 10.2 Å². The number of fused-ring (bicyclic) bond motifs is 1. The number of hydrogen-bond donors (Lipinski definition) is 1. The molecule has 0 saturated carbocycles. The summed E-state index contributed by atoms with van der Waals surface area (Å²) < 4.78 is 37.9. The van der Waals surface area contributed by atoms with Crippen molar-refractivity contribution in [2.45, 2.75) is 25.1 Å². The van der Waals surface area contributed by atoms with Gasteiger partial charge in [0.15, 0.2) is 0 Å². The van der Waals surface area contributed by atoms with Gasteiger partial charge in [0.2, 0.25) is 0 Å². The van der Waals surface area contributed by atoms with E-state index in [1.54, 1.807) is 4.90 Å². The van der Waals surface area contributed by atoms with E-state index < -0.39 is 17.8 Å². The predicted molar refractivity (Wildman–Crippen MR) is 90.3 cm³/mol. The van der Waals surface area contributed by atoms with E-state index in [1.165, 1.54) is 12.1 Å². The highest BCUT2D eigenvalue weighted by Crippen LogP contribution is 2.33. The van der Waals surface area contributed by atoms with Crippen molar-refractivity contribution < 1.29 is 18.0 Å². The lowest BCUT2D eigenvalue weighted by molar-refractivity contribution is -0.137. The molecule has 0 aliphatic carbocycles. The number of carbonyl (C=O) groups is 1. The Morgan fingerprint density at radius 1 is 1.19 bits per heavy atom. The minimum absolute atomic E-state index is 0.150. The Bertz CT molecular complexity index is 840. The zero-order chi connectivity index (χ0) is 18.7. The third-order valence-corrected chi connectivity index (χ3v) is 4.42. The lowest BCUT2D eigenvalue weighted by Crippen LogP contribution is -2.42. The molecule has 1 N–H and O–H groups in total. The Morgan fingerprint density at radius 2 is 1.88 bits per heavy atom. The molecule has 1 aliphatic heterocycles. The first kappa shape index (κ1) is 17.8. The summed E-state index contributed by atoms with van der Waals surface area (Å²) in [5.74, 6) is 0. The molecular weight excluding hydrogens is 343 g/mol. The summed E-state index contributed by atoms with van der Waals surface area (Å²) in [6.07, 6.45) is -3.60. The number of amides is 2. The van der Waals surface area contributed by atoms with Gasteiger partial charge in [0.1, 0.15) is 0 Å². The number of nitriles is 1. The van der Waals surface area contributed by atoms with Crippen molar-refractivity contribution in [1.29, 1.82) is 5.26 Å². The van der Waals surface area contributed by atoms with Crippen LogP contribution in [0.15, 0.2) is 48.5 Å². The maximum atomic E-state index is 12.6. The van der Waals surface area contributed by atoms with Crippen molar-refractivity contribution in [3.05, 3.63) is 65.2 Å². The minimum Gasteiger partial charge on any atom is -0.316 e. The van der Waals surface area contributed by atoms with E-state index in [2.05, 4.69) is 11.4 Å². The molecule has 1 aliphatic rings. The predicted octanol–water partition coefficient (Wildman–Crippen LogP) is 4.75.